The molecular formula is C11H14Si. The summed E-state index contributed by atoms with van der Waals surface area (Å²) in [5, 5.41) is 1.61. The molecule has 0 amide bonds. The largest absolute Gasteiger partial charge is 0.0911 e. The summed E-state index contributed by atoms with van der Waals surface area (Å²) < 4.78 is 0. The van der Waals surface area contributed by atoms with Gasteiger partial charge in [0.15, 0.2) is 0 Å². The predicted molar refractivity (Wildman–Crippen MR) is 56.4 cm³/mol. The molecule has 1 aromatic rings. The third-order valence-electron chi connectivity index (χ3n) is 2.77. The van der Waals surface area contributed by atoms with Gasteiger partial charge in [-0.05, 0) is 12.1 Å². The molecule has 0 nitrogen and oxygen atoms in total. The zero-order valence-electron chi connectivity index (χ0n) is 7.46. The van der Waals surface area contributed by atoms with E-state index >= 15 is 0 Å². The van der Waals surface area contributed by atoms with Gasteiger partial charge in [0, 0.05) is 0 Å². The third-order valence-corrected chi connectivity index (χ3v) is 6.77. The molecule has 62 valence electrons. The monoisotopic (exact) mass is 174 g/mol. The molecule has 0 spiro atoms. The molecule has 0 N–H and O–H groups in total. The summed E-state index contributed by atoms with van der Waals surface area (Å²) in [7, 11) is -1.07. The average molecular weight is 174 g/mol. The van der Waals surface area contributed by atoms with Crippen LogP contribution in [0.4, 0.5) is 0 Å². The van der Waals surface area contributed by atoms with E-state index in [1.807, 2.05) is 0 Å². The van der Waals surface area contributed by atoms with E-state index in [0.29, 0.717) is 0 Å². The van der Waals surface area contributed by atoms with E-state index in [0.717, 1.165) is 0 Å². The maximum absolute atomic E-state index is 2.47. The van der Waals surface area contributed by atoms with E-state index in [1.165, 1.54) is 12.1 Å². The Labute approximate surface area is 74.9 Å². The van der Waals surface area contributed by atoms with Crippen LogP contribution >= 0.6 is 0 Å². The van der Waals surface area contributed by atoms with Crippen molar-refractivity contribution in [1.82, 2.24) is 0 Å². The molecule has 0 radical (unpaired) electrons. The summed E-state index contributed by atoms with van der Waals surface area (Å²) in [6.45, 7) is 2.47. The van der Waals surface area contributed by atoms with Crippen molar-refractivity contribution in [3.8, 4) is 0 Å². The van der Waals surface area contributed by atoms with Gasteiger partial charge in [-0.3, -0.25) is 0 Å². The van der Waals surface area contributed by atoms with Crippen molar-refractivity contribution in [3.63, 3.8) is 0 Å². The maximum atomic E-state index is 2.47. The fraction of sp³-hybridized carbons (Fsp3) is 0.273. The van der Waals surface area contributed by atoms with E-state index in [2.05, 4.69) is 49.0 Å². The van der Waals surface area contributed by atoms with Gasteiger partial charge in [0.05, 0.1) is 8.07 Å². The maximum Gasteiger partial charge on any atom is 0.0910 e. The Morgan fingerprint density at radius 3 is 2.17 bits per heavy atom. The lowest BCUT2D eigenvalue weighted by atomic mass is 10.4. The molecule has 1 aliphatic rings. The molecule has 0 aromatic heterocycles. The molecule has 0 aliphatic carbocycles. The van der Waals surface area contributed by atoms with Gasteiger partial charge in [-0.25, -0.2) is 0 Å². The van der Waals surface area contributed by atoms with Gasteiger partial charge in [0.2, 0.25) is 0 Å². The Kier molecular flexibility index (Phi) is 1.89. The Balaban J connectivity index is 2.31. The summed E-state index contributed by atoms with van der Waals surface area (Å²) in [5.74, 6) is 0. The first-order valence-electron chi connectivity index (χ1n) is 4.52. The first-order chi connectivity index (χ1) is 5.81. The zero-order chi connectivity index (χ0) is 8.44. The van der Waals surface area contributed by atoms with Crippen molar-refractivity contribution in [2.45, 2.75) is 18.6 Å². The van der Waals surface area contributed by atoms with Gasteiger partial charge in [0.1, 0.15) is 0 Å². The Morgan fingerprint density at radius 1 is 1.00 bits per heavy atom. The van der Waals surface area contributed by atoms with Gasteiger partial charge in [-0.2, -0.15) is 0 Å². The highest BCUT2D eigenvalue weighted by Crippen LogP contribution is 2.22. The summed E-state index contributed by atoms with van der Waals surface area (Å²) in [5.41, 5.74) is 0. The standard InChI is InChI=1S/C11H14Si/c1-12(9-5-6-10-12)11-7-3-2-4-8-11/h2-8H,9-10H2,1H3. The smallest absolute Gasteiger partial charge is 0.0910 e. The van der Waals surface area contributed by atoms with Crippen LogP contribution in [-0.2, 0) is 0 Å². The van der Waals surface area contributed by atoms with Crippen molar-refractivity contribution in [1.29, 1.82) is 0 Å². The molecule has 0 saturated heterocycles. The SMILES string of the molecule is C[Si]1(c2ccccc2)CC=CC1. The van der Waals surface area contributed by atoms with Crippen LogP contribution in [-0.4, -0.2) is 8.07 Å². The van der Waals surface area contributed by atoms with Crippen LogP contribution in [0.15, 0.2) is 42.5 Å². The minimum Gasteiger partial charge on any atom is -0.0911 e. The van der Waals surface area contributed by atoms with E-state index in [1.54, 1.807) is 5.19 Å². The first kappa shape index (κ1) is 7.81. The van der Waals surface area contributed by atoms with Crippen LogP contribution < -0.4 is 5.19 Å². The Bertz CT molecular complexity index is 279. The highest BCUT2D eigenvalue weighted by molar-refractivity contribution is 6.92. The van der Waals surface area contributed by atoms with Gasteiger partial charge in [-0.1, -0.05) is 54.2 Å². The number of hydrogen-bond acceptors (Lipinski definition) is 0. The summed E-state index contributed by atoms with van der Waals surface area (Å²) in [6, 6.07) is 13.7. The van der Waals surface area contributed by atoms with Crippen LogP contribution in [0.25, 0.3) is 0 Å². The highest BCUT2D eigenvalue weighted by atomic mass is 28.3. The Hall–Kier alpha value is -0.823. The zero-order valence-corrected chi connectivity index (χ0v) is 8.46. The van der Waals surface area contributed by atoms with Gasteiger partial charge in [0.25, 0.3) is 0 Å². The van der Waals surface area contributed by atoms with Crippen molar-refractivity contribution in [2.75, 3.05) is 0 Å². The van der Waals surface area contributed by atoms with Crippen LogP contribution in [0.5, 0.6) is 0 Å². The van der Waals surface area contributed by atoms with E-state index in [4.69, 9.17) is 0 Å². The number of benzene rings is 1. The molecule has 0 unspecified atom stereocenters. The summed E-state index contributed by atoms with van der Waals surface area (Å²) in [6.07, 6.45) is 4.69. The van der Waals surface area contributed by atoms with E-state index in [9.17, 15) is 0 Å². The van der Waals surface area contributed by atoms with Gasteiger partial charge < -0.3 is 0 Å². The third kappa shape index (κ3) is 1.25. The van der Waals surface area contributed by atoms with Crippen molar-refractivity contribution < 1.29 is 0 Å². The topological polar surface area (TPSA) is 0 Å². The normalized spacial score (nSPS) is 19.8. The first-order valence-corrected chi connectivity index (χ1v) is 7.43. The lowest BCUT2D eigenvalue weighted by Gasteiger charge is -2.21. The van der Waals surface area contributed by atoms with Crippen molar-refractivity contribution in [2.24, 2.45) is 0 Å². The molecular weight excluding hydrogens is 160 g/mol. The Morgan fingerprint density at radius 2 is 1.58 bits per heavy atom. The second-order valence-corrected chi connectivity index (χ2v) is 8.32. The molecule has 1 heterocycles. The molecule has 1 aliphatic heterocycles. The van der Waals surface area contributed by atoms with Gasteiger partial charge in [-0.15, -0.1) is 0 Å². The molecule has 1 heteroatoms. The van der Waals surface area contributed by atoms with E-state index < -0.39 is 8.07 Å². The minimum atomic E-state index is -1.07. The molecule has 1 aromatic carbocycles. The fourth-order valence-electron chi connectivity index (χ4n) is 1.85. The lowest BCUT2D eigenvalue weighted by molar-refractivity contribution is 1.55. The van der Waals surface area contributed by atoms with Crippen LogP contribution in [0.2, 0.25) is 18.6 Å². The average Bonchev–Trinajstić information content (AvgIpc) is 2.55. The summed E-state index contributed by atoms with van der Waals surface area (Å²) in [4.78, 5) is 0. The van der Waals surface area contributed by atoms with Crippen LogP contribution in [0.1, 0.15) is 0 Å². The van der Waals surface area contributed by atoms with Crippen molar-refractivity contribution in [3.05, 3.63) is 42.5 Å². The molecule has 12 heavy (non-hydrogen) atoms. The highest BCUT2D eigenvalue weighted by Gasteiger charge is 2.29. The number of allylic oxidation sites excluding steroid dienone is 2. The molecule has 0 atom stereocenters. The lowest BCUT2D eigenvalue weighted by Crippen LogP contribution is -2.41. The second kappa shape index (κ2) is 2.90. The van der Waals surface area contributed by atoms with Crippen molar-refractivity contribution >= 4 is 13.3 Å². The fourth-order valence-corrected chi connectivity index (χ4v) is 4.86. The quantitative estimate of drug-likeness (QED) is 0.453. The van der Waals surface area contributed by atoms with Crippen LogP contribution in [0.3, 0.4) is 0 Å². The van der Waals surface area contributed by atoms with Gasteiger partial charge >= 0.3 is 0 Å². The number of hydrogen-bond donors (Lipinski definition) is 0. The van der Waals surface area contributed by atoms with E-state index in [-0.39, 0.29) is 0 Å². The minimum absolute atomic E-state index is 1.07. The molecule has 0 bridgehead atoms. The van der Waals surface area contributed by atoms with Crippen LogP contribution in [0, 0.1) is 0 Å². The molecule has 0 saturated carbocycles. The molecule has 0 fully saturated rings. The predicted octanol–water partition coefficient (Wildman–Crippen LogP) is 2.54. The second-order valence-electron chi connectivity index (χ2n) is 3.81. The molecule has 2 rings (SSSR count). The number of rotatable bonds is 1. The summed E-state index contributed by atoms with van der Waals surface area (Å²) >= 11 is 0.